The maximum absolute atomic E-state index is 13.2. The van der Waals surface area contributed by atoms with Gasteiger partial charge in [-0.3, -0.25) is 4.79 Å². The van der Waals surface area contributed by atoms with Crippen molar-refractivity contribution in [3.63, 3.8) is 0 Å². The molecular weight excluding hydrogens is 259 g/mol. The summed E-state index contributed by atoms with van der Waals surface area (Å²) in [6.45, 7) is 4.21. The zero-order valence-electron chi connectivity index (χ0n) is 12.0. The minimum atomic E-state index is -0.291. The molecule has 1 aromatic carbocycles. The molecule has 0 radical (unpaired) electrons. The largest absolute Gasteiger partial charge is 0.390 e. The third-order valence-electron chi connectivity index (χ3n) is 3.24. The van der Waals surface area contributed by atoms with Gasteiger partial charge in [-0.2, -0.15) is 0 Å². The zero-order chi connectivity index (χ0) is 14.7. The van der Waals surface area contributed by atoms with E-state index in [0.29, 0.717) is 13.0 Å². The van der Waals surface area contributed by atoms with Gasteiger partial charge in [-0.1, -0.05) is 31.1 Å². The molecule has 20 heavy (non-hydrogen) atoms. The van der Waals surface area contributed by atoms with Crippen molar-refractivity contribution in [2.75, 3.05) is 13.6 Å². The Bertz CT molecular complexity index is 528. The number of hydrogen-bond acceptors (Lipinski definition) is 3. The van der Waals surface area contributed by atoms with Gasteiger partial charge in [0, 0.05) is 24.9 Å². The van der Waals surface area contributed by atoms with E-state index in [0.717, 1.165) is 11.3 Å². The molecule has 5 heteroatoms. The number of halogens is 1. The topological polar surface area (TPSA) is 41.9 Å². The maximum Gasteiger partial charge on any atom is 0.224 e. The molecule has 1 aromatic rings. The van der Waals surface area contributed by atoms with Crippen LogP contribution in [-0.2, 0) is 9.63 Å². The predicted molar refractivity (Wildman–Crippen MR) is 74.9 cm³/mol. The van der Waals surface area contributed by atoms with Gasteiger partial charge in [-0.25, -0.2) is 4.39 Å². The van der Waals surface area contributed by atoms with E-state index < -0.39 is 0 Å². The molecule has 0 aliphatic carbocycles. The van der Waals surface area contributed by atoms with Gasteiger partial charge < -0.3 is 9.74 Å². The highest BCUT2D eigenvalue weighted by Crippen LogP contribution is 2.18. The monoisotopic (exact) mass is 278 g/mol. The number of carbonyl (C=O) groups is 1. The molecule has 0 saturated carbocycles. The minimum absolute atomic E-state index is 0.0370. The molecule has 108 valence electrons. The molecular formula is C15H19FN2O2. The van der Waals surface area contributed by atoms with Crippen molar-refractivity contribution in [1.82, 2.24) is 4.90 Å². The van der Waals surface area contributed by atoms with Gasteiger partial charge in [0.05, 0.1) is 12.3 Å². The standard InChI is InChI=1S/C15H19FN2O2/c1-10(2)15(19)18(3)9-13-8-14(17-20-13)11-5-4-6-12(16)7-11/h4-7,10,13H,8-9H2,1-3H3/t13-/m0/s1. The lowest BCUT2D eigenvalue weighted by Gasteiger charge is -2.21. The van der Waals surface area contributed by atoms with Crippen LogP contribution in [0.2, 0.25) is 0 Å². The molecule has 1 aliphatic heterocycles. The van der Waals surface area contributed by atoms with Gasteiger partial charge in [0.25, 0.3) is 0 Å². The number of oxime groups is 1. The predicted octanol–water partition coefficient (Wildman–Crippen LogP) is 2.43. The van der Waals surface area contributed by atoms with Crippen molar-refractivity contribution in [2.24, 2.45) is 11.1 Å². The van der Waals surface area contributed by atoms with E-state index in [2.05, 4.69) is 5.16 Å². The van der Waals surface area contributed by atoms with E-state index in [1.54, 1.807) is 24.1 Å². The smallest absolute Gasteiger partial charge is 0.224 e. The van der Waals surface area contributed by atoms with E-state index in [1.165, 1.54) is 12.1 Å². The molecule has 4 nitrogen and oxygen atoms in total. The lowest BCUT2D eigenvalue weighted by molar-refractivity contribution is -0.134. The van der Waals surface area contributed by atoms with Gasteiger partial charge >= 0.3 is 0 Å². The number of rotatable bonds is 4. The normalized spacial score (nSPS) is 17.9. The molecule has 1 heterocycles. The van der Waals surface area contributed by atoms with Crippen LogP contribution >= 0.6 is 0 Å². The second kappa shape index (κ2) is 6.03. The Hall–Kier alpha value is -1.91. The molecule has 0 aromatic heterocycles. The van der Waals surface area contributed by atoms with Crippen LogP contribution in [0.15, 0.2) is 29.4 Å². The molecule has 0 N–H and O–H groups in total. The molecule has 1 atom stereocenters. The first-order valence-electron chi connectivity index (χ1n) is 6.71. The fourth-order valence-electron chi connectivity index (χ4n) is 2.20. The first kappa shape index (κ1) is 14.5. The number of nitrogens with zero attached hydrogens (tertiary/aromatic N) is 2. The molecule has 0 bridgehead atoms. The highest BCUT2D eigenvalue weighted by molar-refractivity contribution is 6.01. The summed E-state index contributed by atoms with van der Waals surface area (Å²) in [5.41, 5.74) is 1.45. The third kappa shape index (κ3) is 3.35. The average Bonchev–Trinajstić information content (AvgIpc) is 2.86. The zero-order valence-corrected chi connectivity index (χ0v) is 12.0. The lowest BCUT2D eigenvalue weighted by atomic mass is 10.0. The molecule has 0 saturated heterocycles. The summed E-state index contributed by atoms with van der Waals surface area (Å²) >= 11 is 0. The number of benzene rings is 1. The SMILES string of the molecule is CC(C)C(=O)N(C)C[C@@H]1CC(c2cccc(F)c2)=NO1. The summed E-state index contributed by atoms with van der Waals surface area (Å²) in [7, 11) is 1.76. The van der Waals surface area contributed by atoms with E-state index in [1.807, 2.05) is 13.8 Å². The summed E-state index contributed by atoms with van der Waals surface area (Å²) in [5, 5.41) is 4.00. The number of likely N-dealkylation sites (N-methyl/N-ethyl adjacent to an activating group) is 1. The number of amides is 1. The van der Waals surface area contributed by atoms with Crippen LogP contribution in [0.25, 0.3) is 0 Å². The van der Waals surface area contributed by atoms with Crippen LogP contribution in [0, 0.1) is 11.7 Å². The van der Waals surface area contributed by atoms with Crippen LogP contribution in [0.3, 0.4) is 0 Å². The Balaban J connectivity index is 1.93. The van der Waals surface area contributed by atoms with Crippen molar-refractivity contribution in [2.45, 2.75) is 26.4 Å². The Labute approximate surface area is 118 Å². The second-order valence-electron chi connectivity index (χ2n) is 5.35. The Morgan fingerprint density at radius 3 is 2.95 bits per heavy atom. The third-order valence-corrected chi connectivity index (χ3v) is 3.24. The first-order chi connectivity index (χ1) is 9.47. The average molecular weight is 278 g/mol. The summed E-state index contributed by atoms with van der Waals surface area (Å²) < 4.78 is 13.2. The first-order valence-corrected chi connectivity index (χ1v) is 6.71. The summed E-state index contributed by atoms with van der Waals surface area (Å²) in [6.07, 6.45) is 0.417. The van der Waals surface area contributed by atoms with Crippen LogP contribution in [-0.4, -0.2) is 36.2 Å². The van der Waals surface area contributed by atoms with Crippen molar-refractivity contribution in [3.05, 3.63) is 35.6 Å². The highest BCUT2D eigenvalue weighted by atomic mass is 19.1. The number of carbonyl (C=O) groups excluding carboxylic acids is 1. The van der Waals surface area contributed by atoms with Crippen molar-refractivity contribution in [1.29, 1.82) is 0 Å². The molecule has 0 unspecified atom stereocenters. The summed E-state index contributed by atoms with van der Waals surface area (Å²) in [4.78, 5) is 18.8. The Kier molecular flexibility index (Phi) is 4.37. The van der Waals surface area contributed by atoms with Gasteiger partial charge in [-0.05, 0) is 12.1 Å². The van der Waals surface area contributed by atoms with Gasteiger partial charge in [0.15, 0.2) is 6.10 Å². The van der Waals surface area contributed by atoms with E-state index in [-0.39, 0.29) is 23.7 Å². The second-order valence-corrected chi connectivity index (χ2v) is 5.35. The van der Waals surface area contributed by atoms with E-state index in [4.69, 9.17) is 4.84 Å². The van der Waals surface area contributed by atoms with Crippen molar-refractivity contribution < 1.29 is 14.0 Å². The fraction of sp³-hybridized carbons (Fsp3) is 0.467. The molecule has 1 aliphatic rings. The maximum atomic E-state index is 13.2. The quantitative estimate of drug-likeness (QED) is 0.849. The molecule has 0 fully saturated rings. The highest BCUT2D eigenvalue weighted by Gasteiger charge is 2.25. The fourth-order valence-corrected chi connectivity index (χ4v) is 2.20. The van der Waals surface area contributed by atoms with Gasteiger partial charge in [0.1, 0.15) is 5.82 Å². The summed E-state index contributed by atoms with van der Waals surface area (Å²) in [5.74, 6) is -0.251. The number of hydrogen-bond donors (Lipinski definition) is 0. The molecule has 2 rings (SSSR count). The van der Waals surface area contributed by atoms with Crippen LogP contribution in [0.5, 0.6) is 0 Å². The molecule has 0 spiro atoms. The lowest BCUT2D eigenvalue weighted by Crippen LogP contribution is -2.36. The van der Waals surface area contributed by atoms with Crippen LogP contribution in [0.4, 0.5) is 4.39 Å². The summed E-state index contributed by atoms with van der Waals surface area (Å²) in [6, 6.07) is 6.28. The Morgan fingerprint density at radius 2 is 2.30 bits per heavy atom. The van der Waals surface area contributed by atoms with E-state index >= 15 is 0 Å². The van der Waals surface area contributed by atoms with Crippen molar-refractivity contribution in [3.8, 4) is 0 Å². The van der Waals surface area contributed by atoms with E-state index in [9.17, 15) is 9.18 Å². The van der Waals surface area contributed by atoms with Gasteiger partial charge in [-0.15, -0.1) is 0 Å². The molecule has 1 amide bonds. The Morgan fingerprint density at radius 1 is 1.55 bits per heavy atom. The van der Waals surface area contributed by atoms with Crippen molar-refractivity contribution >= 4 is 11.6 Å². The van der Waals surface area contributed by atoms with Crippen LogP contribution in [0.1, 0.15) is 25.8 Å². The van der Waals surface area contributed by atoms with Gasteiger partial charge in [0.2, 0.25) is 5.91 Å². The minimum Gasteiger partial charge on any atom is -0.390 e. The van der Waals surface area contributed by atoms with Crippen LogP contribution < -0.4 is 0 Å².